The number of aromatic nitrogens is 2. The van der Waals surface area contributed by atoms with Crippen LogP contribution in [0.15, 0.2) is 32.7 Å². The first-order valence-electron chi connectivity index (χ1n) is 5.41. The molecule has 0 amide bonds. The van der Waals surface area contributed by atoms with Crippen LogP contribution in [0.1, 0.15) is 24.5 Å². The van der Waals surface area contributed by atoms with Crippen LogP contribution in [0.25, 0.3) is 0 Å². The predicted molar refractivity (Wildman–Crippen MR) is 66.9 cm³/mol. The second kappa shape index (κ2) is 5.37. The van der Waals surface area contributed by atoms with E-state index in [9.17, 15) is 15.2 Å². The zero-order valence-corrected chi connectivity index (χ0v) is 11.0. The van der Waals surface area contributed by atoms with Gasteiger partial charge in [-0.3, -0.25) is 10.1 Å². The minimum atomic E-state index is -0.761. The Hall–Kier alpha value is -1.93. The molecule has 0 saturated heterocycles. The molecule has 2 rings (SSSR count). The van der Waals surface area contributed by atoms with E-state index in [2.05, 4.69) is 10.2 Å². The monoisotopic (exact) mass is 281 g/mol. The lowest BCUT2D eigenvalue weighted by Crippen LogP contribution is -1.96. The molecule has 8 heteroatoms. The highest BCUT2D eigenvalue weighted by molar-refractivity contribution is 7.99. The number of aryl methyl sites for hydroxylation is 1. The zero-order valence-electron chi connectivity index (χ0n) is 10.2. The number of nitrogens with zero attached hydrogens (tertiary/aromatic N) is 3. The van der Waals surface area contributed by atoms with Crippen LogP contribution in [-0.2, 0) is 0 Å². The molecular weight excluding hydrogens is 270 g/mol. The number of nitro groups is 1. The Kier molecular flexibility index (Phi) is 3.82. The summed E-state index contributed by atoms with van der Waals surface area (Å²) in [4.78, 5) is 10.9. The van der Waals surface area contributed by atoms with Gasteiger partial charge in [-0.2, -0.15) is 0 Å². The molecule has 0 aliphatic rings. The van der Waals surface area contributed by atoms with Gasteiger partial charge in [0.25, 0.3) is 10.9 Å². The molecule has 19 heavy (non-hydrogen) atoms. The molecule has 0 spiro atoms. The first kappa shape index (κ1) is 13.5. The molecule has 0 unspecified atom stereocenters. The number of hydrogen-bond acceptors (Lipinski definition) is 7. The molecule has 0 fully saturated rings. The summed E-state index contributed by atoms with van der Waals surface area (Å²) in [5.74, 6) is 0.394. The van der Waals surface area contributed by atoms with E-state index in [0.717, 1.165) is 11.8 Å². The SMILES string of the molecule is Cc1nnc(Sc2ccc([C@@H](C)O)cc2[N+](=O)[O-])o1. The fourth-order valence-electron chi connectivity index (χ4n) is 1.44. The van der Waals surface area contributed by atoms with Crippen molar-refractivity contribution in [2.45, 2.75) is 30.1 Å². The van der Waals surface area contributed by atoms with Gasteiger partial charge in [0.1, 0.15) is 0 Å². The van der Waals surface area contributed by atoms with Gasteiger partial charge < -0.3 is 9.52 Å². The molecule has 1 atom stereocenters. The summed E-state index contributed by atoms with van der Waals surface area (Å²) < 4.78 is 5.17. The Morgan fingerprint density at radius 2 is 2.21 bits per heavy atom. The van der Waals surface area contributed by atoms with Crippen molar-refractivity contribution < 1.29 is 14.4 Å². The quantitative estimate of drug-likeness (QED) is 0.678. The Bertz CT molecular complexity index is 612. The second-order valence-electron chi connectivity index (χ2n) is 3.85. The summed E-state index contributed by atoms with van der Waals surface area (Å²) in [6, 6.07) is 4.53. The van der Waals surface area contributed by atoms with Crippen LogP contribution in [0.5, 0.6) is 0 Å². The first-order valence-corrected chi connectivity index (χ1v) is 6.23. The zero-order chi connectivity index (χ0) is 14.0. The second-order valence-corrected chi connectivity index (χ2v) is 4.84. The molecular formula is C11H11N3O4S. The molecule has 2 aromatic rings. The minimum Gasteiger partial charge on any atom is -0.416 e. The van der Waals surface area contributed by atoms with Gasteiger partial charge in [-0.25, -0.2) is 0 Å². The molecule has 1 aromatic heterocycles. The van der Waals surface area contributed by atoms with Gasteiger partial charge in [-0.15, -0.1) is 10.2 Å². The average Bonchev–Trinajstić information content (AvgIpc) is 2.74. The molecule has 0 aliphatic heterocycles. The van der Waals surface area contributed by atoms with E-state index in [0.29, 0.717) is 16.3 Å². The molecule has 0 bridgehead atoms. The summed E-state index contributed by atoms with van der Waals surface area (Å²) in [6.45, 7) is 3.19. The van der Waals surface area contributed by atoms with Crippen molar-refractivity contribution in [1.29, 1.82) is 0 Å². The van der Waals surface area contributed by atoms with E-state index in [4.69, 9.17) is 4.42 Å². The van der Waals surface area contributed by atoms with Crippen LogP contribution in [-0.4, -0.2) is 20.2 Å². The molecule has 100 valence electrons. The fourth-order valence-corrected chi connectivity index (χ4v) is 2.24. The summed E-state index contributed by atoms with van der Waals surface area (Å²) in [5.41, 5.74) is 0.386. The van der Waals surface area contributed by atoms with Gasteiger partial charge in [-0.1, -0.05) is 6.07 Å². The standard InChI is InChI=1S/C11H11N3O4S/c1-6(15)8-3-4-10(9(5-8)14(16)17)19-11-13-12-7(2)18-11/h3-6,15H,1-2H3/t6-/m1/s1. The smallest absolute Gasteiger partial charge is 0.283 e. The molecule has 7 nitrogen and oxygen atoms in total. The summed E-state index contributed by atoms with van der Waals surface area (Å²) >= 11 is 1.02. The van der Waals surface area contributed by atoms with E-state index in [-0.39, 0.29) is 10.9 Å². The number of nitro benzene ring substituents is 1. The van der Waals surface area contributed by atoms with Crippen molar-refractivity contribution in [2.75, 3.05) is 0 Å². The van der Waals surface area contributed by atoms with Gasteiger partial charge in [0, 0.05) is 13.0 Å². The van der Waals surface area contributed by atoms with Gasteiger partial charge in [0.15, 0.2) is 0 Å². The first-order chi connectivity index (χ1) is 8.97. The highest BCUT2D eigenvalue weighted by atomic mass is 32.2. The summed E-state index contributed by atoms with van der Waals surface area (Å²) in [6.07, 6.45) is -0.761. The van der Waals surface area contributed by atoms with Crippen LogP contribution in [0.4, 0.5) is 5.69 Å². The van der Waals surface area contributed by atoms with Crippen LogP contribution >= 0.6 is 11.8 Å². The van der Waals surface area contributed by atoms with E-state index >= 15 is 0 Å². The maximum atomic E-state index is 11.0. The Morgan fingerprint density at radius 3 is 2.74 bits per heavy atom. The maximum absolute atomic E-state index is 11.0. The number of aliphatic hydroxyl groups excluding tert-OH is 1. The third-order valence-electron chi connectivity index (χ3n) is 2.37. The van der Waals surface area contributed by atoms with E-state index in [1.54, 1.807) is 26.0 Å². The lowest BCUT2D eigenvalue weighted by Gasteiger charge is -2.06. The highest BCUT2D eigenvalue weighted by Crippen LogP contribution is 2.35. The van der Waals surface area contributed by atoms with Crippen LogP contribution in [0.3, 0.4) is 0 Å². The lowest BCUT2D eigenvalue weighted by molar-refractivity contribution is -0.387. The number of aliphatic hydroxyl groups is 1. The average molecular weight is 281 g/mol. The van der Waals surface area contributed by atoms with Crippen molar-refractivity contribution in [3.8, 4) is 0 Å². The summed E-state index contributed by atoms with van der Waals surface area (Å²) in [5, 5.41) is 28.1. The maximum Gasteiger partial charge on any atom is 0.283 e. The van der Waals surface area contributed by atoms with Crippen molar-refractivity contribution in [2.24, 2.45) is 0 Å². The third-order valence-corrected chi connectivity index (χ3v) is 3.27. The molecule has 1 aromatic carbocycles. The van der Waals surface area contributed by atoms with Crippen molar-refractivity contribution in [3.05, 3.63) is 39.8 Å². The Morgan fingerprint density at radius 1 is 1.47 bits per heavy atom. The van der Waals surface area contributed by atoms with E-state index < -0.39 is 11.0 Å². The largest absolute Gasteiger partial charge is 0.416 e. The number of benzene rings is 1. The van der Waals surface area contributed by atoms with Gasteiger partial charge in [0.05, 0.1) is 15.9 Å². The molecule has 1 N–H and O–H groups in total. The van der Waals surface area contributed by atoms with Gasteiger partial charge in [-0.05, 0) is 30.3 Å². The van der Waals surface area contributed by atoms with Crippen molar-refractivity contribution in [1.82, 2.24) is 10.2 Å². The van der Waals surface area contributed by atoms with E-state index in [1.165, 1.54) is 6.07 Å². The molecule has 0 saturated carbocycles. The Balaban J connectivity index is 2.36. The minimum absolute atomic E-state index is 0.0979. The fraction of sp³-hybridized carbons (Fsp3) is 0.273. The number of hydrogen-bond donors (Lipinski definition) is 1. The third kappa shape index (κ3) is 3.09. The topological polar surface area (TPSA) is 102 Å². The molecule has 1 heterocycles. The van der Waals surface area contributed by atoms with Crippen molar-refractivity contribution >= 4 is 17.4 Å². The highest BCUT2D eigenvalue weighted by Gasteiger charge is 2.19. The van der Waals surface area contributed by atoms with Crippen LogP contribution in [0.2, 0.25) is 0 Å². The lowest BCUT2D eigenvalue weighted by atomic mass is 10.1. The van der Waals surface area contributed by atoms with E-state index in [1.807, 2.05) is 0 Å². The predicted octanol–water partition coefficient (Wildman–Crippen LogP) is 2.49. The number of rotatable bonds is 4. The summed E-state index contributed by atoms with van der Waals surface area (Å²) in [7, 11) is 0. The van der Waals surface area contributed by atoms with Crippen molar-refractivity contribution in [3.63, 3.8) is 0 Å². The van der Waals surface area contributed by atoms with Gasteiger partial charge >= 0.3 is 0 Å². The van der Waals surface area contributed by atoms with Crippen LogP contribution in [0, 0.1) is 17.0 Å². The Labute approximate surface area is 112 Å². The normalized spacial score (nSPS) is 12.4. The molecule has 0 radical (unpaired) electrons. The van der Waals surface area contributed by atoms with Crippen LogP contribution < -0.4 is 0 Å². The molecule has 0 aliphatic carbocycles. The van der Waals surface area contributed by atoms with Gasteiger partial charge in [0.2, 0.25) is 5.89 Å².